The predicted molar refractivity (Wildman–Crippen MR) is 49.9 cm³/mol. The molecule has 1 heterocycles. The van der Waals surface area contributed by atoms with Crippen molar-refractivity contribution in [1.82, 2.24) is 0 Å². The summed E-state index contributed by atoms with van der Waals surface area (Å²) in [6, 6.07) is 0. The van der Waals surface area contributed by atoms with E-state index in [-0.39, 0.29) is 0 Å². The van der Waals surface area contributed by atoms with Crippen molar-refractivity contribution in [2.75, 3.05) is 0 Å². The van der Waals surface area contributed by atoms with E-state index in [1.54, 1.807) is 11.8 Å². The number of hydrogen-bond donors (Lipinski definition) is 0. The molecule has 4 unspecified atom stereocenters. The number of fused-ring (bicyclic) bond motifs is 5. The van der Waals surface area contributed by atoms with E-state index in [0.29, 0.717) is 15.8 Å². The molecular weight excluding hydrogens is 168 g/mol. The molecule has 0 spiro atoms. The Morgan fingerprint density at radius 3 is 3.08 bits per heavy atom. The maximum Gasteiger partial charge on any atom is 0.189 e. The highest BCUT2D eigenvalue weighted by Crippen LogP contribution is 2.65. The maximum atomic E-state index is 11.3. The second-order valence-corrected chi connectivity index (χ2v) is 6.06. The first-order chi connectivity index (χ1) is 5.70. The van der Waals surface area contributed by atoms with Crippen LogP contribution in [0.5, 0.6) is 0 Å². The second kappa shape index (κ2) is 2.09. The highest BCUT2D eigenvalue weighted by molar-refractivity contribution is 8.14. The van der Waals surface area contributed by atoms with Crippen LogP contribution in [0.15, 0.2) is 0 Å². The third-order valence-corrected chi connectivity index (χ3v) is 5.85. The van der Waals surface area contributed by atoms with Gasteiger partial charge in [0, 0.05) is 11.7 Å². The molecule has 12 heavy (non-hydrogen) atoms. The monoisotopic (exact) mass is 182 g/mol. The highest BCUT2D eigenvalue weighted by Gasteiger charge is 2.60. The molecule has 2 aliphatic carbocycles. The normalized spacial score (nSPS) is 56.4. The molecule has 1 saturated heterocycles. The van der Waals surface area contributed by atoms with E-state index in [1.807, 2.05) is 0 Å². The van der Waals surface area contributed by atoms with Gasteiger partial charge in [0.25, 0.3) is 0 Å². The number of rotatable bonds is 0. The number of thioether (sulfide) groups is 1. The lowest BCUT2D eigenvalue weighted by Gasteiger charge is -2.33. The van der Waals surface area contributed by atoms with Crippen molar-refractivity contribution in [1.29, 1.82) is 0 Å². The van der Waals surface area contributed by atoms with Crippen LogP contribution in [0.1, 0.15) is 32.6 Å². The minimum absolute atomic E-state index is 0.407. The third kappa shape index (κ3) is 0.704. The number of hydrogen-bond acceptors (Lipinski definition) is 2. The molecule has 4 atom stereocenters. The molecule has 1 nitrogen and oxygen atoms in total. The molecule has 0 aromatic heterocycles. The van der Waals surface area contributed by atoms with Crippen molar-refractivity contribution in [2.24, 2.45) is 17.3 Å². The van der Waals surface area contributed by atoms with Crippen LogP contribution < -0.4 is 0 Å². The third-order valence-electron chi connectivity index (χ3n) is 4.27. The molecule has 0 N–H and O–H groups in total. The van der Waals surface area contributed by atoms with Gasteiger partial charge in [-0.15, -0.1) is 0 Å². The van der Waals surface area contributed by atoms with Gasteiger partial charge in [-0.3, -0.25) is 4.79 Å². The predicted octanol–water partition coefficient (Wildman–Crippen LogP) is 2.45. The Kier molecular flexibility index (Phi) is 1.29. The summed E-state index contributed by atoms with van der Waals surface area (Å²) in [6.45, 7) is 2.35. The Balaban J connectivity index is 2.01. The van der Waals surface area contributed by atoms with Gasteiger partial charge in [0.1, 0.15) is 0 Å². The van der Waals surface area contributed by atoms with Crippen molar-refractivity contribution in [3.05, 3.63) is 0 Å². The molecule has 2 heteroatoms. The number of carbonyl (C=O) groups excluding carboxylic acids is 1. The van der Waals surface area contributed by atoms with Crippen LogP contribution >= 0.6 is 11.8 Å². The zero-order valence-corrected chi connectivity index (χ0v) is 8.19. The standard InChI is InChI=1S/C10H14OS/c1-10-5-8(11)12-9(10)6-2-3-7(10)4-6/h6-7,9H,2-5H2,1H3. The first kappa shape index (κ1) is 7.43. The summed E-state index contributed by atoms with van der Waals surface area (Å²) in [5, 5.41) is 1.16. The van der Waals surface area contributed by atoms with E-state index in [2.05, 4.69) is 6.92 Å². The van der Waals surface area contributed by atoms with Crippen LogP contribution in [0.25, 0.3) is 0 Å². The average molecular weight is 182 g/mol. The van der Waals surface area contributed by atoms with Crippen molar-refractivity contribution in [2.45, 2.75) is 37.9 Å². The van der Waals surface area contributed by atoms with Gasteiger partial charge >= 0.3 is 0 Å². The Labute approximate surface area is 77.3 Å². The van der Waals surface area contributed by atoms with Crippen molar-refractivity contribution < 1.29 is 4.79 Å². The van der Waals surface area contributed by atoms with Crippen LogP contribution in [0.3, 0.4) is 0 Å². The average Bonchev–Trinajstić information content (AvgIpc) is 2.57. The Morgan fingerprint density at radius 1 is 1.50 bits per heavy atom. The fourth-order valence-electron chi connectivity index (χ4n) is 3.63. The van der Waals surface area contributed by atoms with E-state index in [9.17, 15) is 4.79 Å². The highest BCUT2D eigenvalue weighted by atomic mass is 32.2. The fraction of sp³-hybridized carbons (Fsp3) is 0.900. The molecule has 2 bridgehead atoms. The van der Waals surface area contributed by atoms with Crippen LogP contribution in [0.4, 0.5) is 0 Å². The summed E-state index contributed by atoms with van der Waals surface area (Å²) < 4.78 is 0. The van der Waals surface area contributed by atoms with E-state index in [1.165, 1.54) is 19.3 Å². The summed E-state index contributed by atoms with van der Waals surface area (Å²) in [4.78, 5) is 11.3. The molecule has 3 aliphatic rings. The lowest BCUT2D eigenvalue weighted by molar-refractivity contribution is -0.112. The van der Waals surface area contributed by atoms with Crippen LogP contribution in [-0.4, -0.2) is 10.4 Å². The van der Waals surface area contributed by atoms with Crippen LogP contribution in [0.2, 0.25) is 0 Å². The topological polar surface area (TPSA) is 17.1 Å². The molecule has 66 valence electrons. The molecule has 3 rings (SSSR count). The van der Waals surface area contributed by atoms with Crippen LogP contribution in [0, 0.1) is 17.3 Å². The fourth-order valence-corrected chi connectivity index (χ4v) is 5.29. The van der Waals surface area contributed by atoms with Gasteiger partial charge in [-0.1, -0.05) is 18.7 Å². The molecule has 0 radical (unpaired) electrons. The maximum absolute atomic E-state index is 11.3. The van der Waals surface area contributed by atoms with Gasteiger partial charge in [-0.25, -0.2) is 0 Å². The lowest BCUT2D eigenvalue weighted by atomic mass is 9.73. The van der Waals surface area contributed by atoms with Gasteiger partial charge in [-0.05, 0) is 36.5 Å². The molecule has 0 aromatic rings. The van der Waals surface area contributed by atoms with E-state index in [4.69, 9.17) is 0 Å². The smallest absolute Gasteiger partial charge is 0.189 e. The van der Waals surface area contributed by atoms with Gasteiger partial charge in [0.2, 0.25) is 0 Å². The Bertz CT molecular complexity index is 250. The minimum atomic E-state index is 0.407. The zero-order valence-electron chi connectivity index (χ0n) is 7.38. The summed E-state index contributed by atoms with van der Waals surface area (Å²) in [5.41, 5.74) is 0.407. The molecule has 0 amide bonds. The Hall–Kier alpha value is 0.0200. The second-order valence-electron chi connectivity index (χ2n) is 4.86. The van der Waals surface area contributed by atoms with Gasteiger partial charge in [-0.2, -0.15) is 0 Å². The quantitative estimate of drug-likeness (QED) is 0.572. The first-order valence-electron chi connectivity index (χ1n) is 4.89. The minimum Gasteiger partial charge on any atom is -0.287 e. The van der Waals surface area contributed by atoms with Crippen molar-refractivity contribution in [3.63, 3.8) is 0 Å². The summed E-state index contributed by atoms with van der Waals surface area (Å²) in [7, 11) is 0. The van der Waals surface area contributed by atoms with Gasteiger partial charge in [0.05, 0.1) is 0 Å². The lowest BCUT2D eigenvalue weighted by Crippen LogP contribution is -2.31. The summed E-state index contributed by atoms with van der Waals surface area (Å²) in [6.07, 6.45) is 5.07. The van der Waals surface area contributed by atoms with Gasteiger partial charge in [0.15, 0.2) is 5.12 Å². The molecule has 1 aliphatic heterocycles. The van der Waals surface area contributed by atoms with E-state index >= 15 is 0 Å². The van der Waals surface area contributed by atoms with Gasteiger partial charge < -0.3 is 0 Å². The SMILES string of the molecule is CC12CC(=O)SC1C1CCC2C1. The number of carbonyl (C=O) groups is 1. The summed E-state index contributed by atoms with van der Waals surface area (Å²) in [5.74, 6) is 1.77. The van der Waals surface area contributed by atoms with E-state index < -0.39 is 0 Å². The molecule has 0 aromatic carbocycles. The van der Waals surface area contributed by atoms with Crippen molar-refractivity contribution >= 4 is 16.9 Å². The van der Waals surface area contributed by atoms with E-state index in [0.717, 1.165) is 18.3 Å². The first-order valence-corrected chi connectivity index (χ1v) is 5.77. The molecular formula is C10H14OS. The van der Waals surface area contributed by atoms with Crippen molar-refractivity contribution in [3.8, 4) is 0 Å². The van der Waals surface area contributed by atoms with Crippen LogP contribution in [-0.2, 0) is 4.79 Å². The molecule has 3 fully saturated rings. The molecule has 2 saturated carbocycles. The Morgan fingerprint density at radius 2 is 2.33 bits per heavy atom. The zero-order chi connectivity index (χ0) is 8.34. The summed E-state index contributed by atoms with van der Waals surface area (Å²) >= 11 is 1.66. The largest absolute Gasteiger partial charge is 0.287 e.